The molecule has 14 rings (SSSR count). The van der Waals surface area contributed by atoms with Crippen LogP contribution in [0.5, 0.6) is 23.0 Å². The molecule has 0 N–H and O–H groups in total. The van der Waals surface area contributed by atoms with Gasteiger partial charge >= 0.3 is 0 Å². The Hall–Kier alpha value is -8.06. The highest BCUT2D eigenvalue weighted by molar-refractivity contribution is 7.26. The Morgan fingerprint density at radius 2 is 1.02 bits per heavy atom. The van der Waals surface area contributed by atoms with Gasteiger partial charge < -0.3 is 18.9 Å². The van der Waals surface area contributed by atoms with Crippen LogP contribution in [0.25, 0.3) is 69.6 Å². The molecule has 0 atom stereocenters. The first-order valence-electron chi connectivity index (χ1n) is 21.8. The van der Waals surface area contributed by atoms with E-state index in [1.54, 1.807) is 0 Å². The molecule has 2 aliphatic heterocycles. The Bertz CT molecular complexity index is 3820. The predicted octanol–water partition coefficient (Wildman–Crippen LogP) is 14.2. The molecule has 0 unspecified atom stereocenters. The lowest BCUT2D eigenvalue weighted by Gasteiger charge is -2.33. The smallest absolute Gasteiger partial charge is 0.260 e. The van der Waals surface area contributed by atoms with Crippen molar-refractivity contribution < 1.29 is 9.47 Å². The Morgan fingerprint density at radius 3 is 1.77 bits per heavy atom. The summed E-state index contributed by atoms with van der Waals surface area (Å²) in [6.45, 7) is -0.114. The van der Waals surface area contributed by atoms with Crippen LogP contribution in [0, 0.1) is 0 Å². The maximum absolute atomic E-state index is 7.20. The Labute approximate surface area is 373 Å². The lowest BCUT2D eigenvalue weighted by molar-refractivity contribution is 0.465. The van der Waals surface area contributed by atoms with Gasteiger partial charge in [-0.2, -0.15) is 0 Å². The zero-order valence-corrected chi connectivity index (χ0v) is 35.2. The zero-order valence-electron chi connectivity index (χ0n) is 34.4. The third kappa shape index (κ3) is 5.36. The van der Waals surface area contributed by atoms with Crippen molar-refractivity contribution in [1.29, 1.82) is 0 Å². The SMILES string of the molecule is c1ccc(N(c2ccccc2)c2ccc3c4cc5c(cc4n(-c4ccccc4)c3c2)Oc2cc(-c3ccc4ccccc4c3)cc3c2B5c2cc4c(cc2O3)sc2ccccc24)cc1. The fraction of sp³-hybridized carbons (Fsp3) is 0. The van der Waals surface area contributed by atoms with Crippen molar-refractivity contribution >= 4 is 104 Å². The van der Waals surface area contributed by atoms with Gasteiger partial charge in [-0.1, -0.05) is 127 Å². The number of anilines is 3. The van der Waals surface area contributed by atoms with Crippen molar-refractivity contribution in [1.82, 2.24) is 4.57 Å². The minimum Gasteiger partial charge on any atom is -0.458 e. The highest BCUT2D eigenvalue weighted by Crippen LogP contribution is 2.45. The number of hydrogen-bond donors (Lipinski definition) is 0. The van der Waals surface area contributed by atoms with Crippen LogP contribution < -0.4 is 30.8 Å². The van der Waals surface area contributed by atoms with Crippen LogP contribution >= 0.6 is 11.3 Å². The zero-order chi connectivity index (χ0) is 41.9. The molecule has 0 fully saturated rings. The van der Waals surface area contributed by atoms with Gasteiger partial charge in [0, 0.05) is 65.2 Å². The summed E-state index contributed by atoms with van der Waals surface area (Å²) in [7, 11) is 0. The average molecular weight is 835 g/mol. The van der Waals surface area contributed by atoms with E-state index in [1.165, 1.54) is 41.7 Å². The van der Waals surface area contributed by atoms with E-state index in [1.807, 2.05) is 11.3 Å². The molecule has 298 valence electrons. The molecule has 10 aromatic carbocycles. The van der Waals surface area contributed by atoms with Gasteiger partial charge in [-0.3, -0.25) is 0 Å². The normalized spacial score (nSPS) is 12.6. The largest absolute Gasteiger partial charge is 0.458 e. The monoisotopic (exact) mass is 834 g/mol. The van der Waals surface area contributed by atoms with Crippen LogP contribution in [0.4, 0.5) is 17.1 Å². The van der Waals surface area contributed by atoms with Gasteiger partial charge in [-0.25, -0.2) is 0 Å². The second kappa shape index (κ2) is 13.7. The minimum absolute atomic E-state index is 0.114. The standard InChI is InChI=1S/C58H35BN2O2S/c1-4-16-40(17-5-1)60(41-18-6-2-7-19-41)43-26-27-44-46-32-48-52(34-51(46)61(50(44)31-43)42-20-8-3-9-21-42)62-54-29-39(38-25-24-36-14-10-11-15-37(36)28-38)30-55-58(54)59(48)49-33-47-45-22-12-13-23-56(45)64-57(47)35-53(49)63-55/h1-35H. The second-order valence-corrected chi connectivity index (χ2v) is 17.9. The molecule has 4 nitrogen and oxygen atoms in total. The van der Waals surface area contributed by atoms with Gasteiger partial charge in [0.25, 0.3) is 6.71 Å². The van der Waals surface area contributed by atoms with Crippen LogP contribution in [0.2, 0.25) is 0 Å². The molecule has 0 saturated heterocycles. The van der Waals surface area contributed by atoms with Crippen LogP contribution in [-0.2, 0) is 0 Å². The fourth-order valence-electron chi connectivity index (χ4n) is 10.3. The fourth-order valence-corrected chi connectivity index (χ4v) is 11.5. The lowest BCUT2D eigenvalue weighted by Crippen LogP contribution is -2.57. The number of fused-ring (bicyclic) bond motifs is 11. The number of benzene rings is 10. The third-order valence-corrected chi connectivity index (χ3v) is 14.4. The maximum atomic E-state index is 7.20. The predicted molar refractivity (Wildman–Crippen MR) is 269 cm³/mol. The van der Waals surface area contributed by atoms with Crippen molar-refractivity contribution in [2.45, 2.75) is 0 Å². The van der Waals surface area contributed by atoms with E-state index in [2.05, 4.69) is 222 Å². The first kappa shape index (κ1) is 35.5. The van der Waals surface area contributed by atoms with Crippen LogP contribution in [0.15, 0.2) is 212 Å². The van der Waals surface area contributed by atoms with Crippen LogP contribution in [-0.4, -0.2) is 11.3 Å². The van der Waals surface area contributed by atoms with E-state index < -0.39 is 0 Å². The van der Waals surface area contributed by atoms with Crippen molar-refractivity contribution in [2.24, 2.45) is 0 Å². The molecule has 4 heterocycles. The molecular weight excluding hydrogens is 800 g/mol. The summed E-state index contributed by atoms with van der Waals surface area (Å²) in [6, 6.07) is 76.5. The Morgan fingerprint density at radius 1 is 0.391 bits per heavy atom. The van der Waals surface area contributed by atoms with Crippen molar-refractivity contribution in [3.8, 4) is 39.8 Å². The van der Waals surface area contributed by atoms with Gasteiger partial charge in [0.05, 0.1) is 11.0 Å². The molecule has 0 radical (unpaired) electrons. The molecule has 12 aromatic rings. The Balaban J connectivity index is 1.03. The van der Waals surface area contributed by atoms with Crippen molar-refractivity contribution in [2.75, 3.05) is 4.90 Å². The van der Waals surface area contributed by atoms with Crippen LogP contribution in [0.1, 0.15) is 0 Å². The average Bonchev–Trinajstić information content (AvgIpc) is 3.87. The number of nitrogens with zero attached hydrogens (tertiary/aromatic N) is 2. The minimum atomic E-state index is -0.114. The molecule has 0 amide bonds. The van der Waals surface area contributed by atoms with E-state index in [4.69, 9.17) is 9.47 Å². The van der Waals surface area contributed by atoms with Crippen molar-refractivity contribution in [3.05, 3.63) is 212 Å². The van der Waals surface area contributed by atoms with Gasteiger partial charge in [0.2, 0.25) is 0 Å². The summed E-state index contributed by atoms with van der Waals surface area (Å²) in [5.41, 5.74) is 12.1. The van der Waals surface area contributed by atoms with E-state index in [0.717, 1.165) is 84.3 Å². The first-order chi connectivity index (χ1) is 31.7. The summed E-state index contributed by atoms with van der Waals surface area (Å²) in [4.78, 5) is 2.33. The summed E-state index contributed by atoms with van der Waals surface area (Å²) >= 11 is 1.82. The summed E-state index contributed by atoms with van der Waals surface area (Å²) in [5, 5.41) is 7.29. The van der Waals surface area contributed by atoms with E-state index >= 15 is 0 Å². The van der Waals surface area contributed by atoms with Gasteiger partial charge in [0.15, 0.2) is 0 Å². The van der Waals surface area contributed by atoms with E-state index in [9.17, 15) is 0 Å². The summed E-state index contributed by atoms with van der Waals surface area (Å²) in [6.07, 6.45) is 0. The highest BCUT2D eigenvalue weighted by Gasteiger charge is 2.41. The number of ether oxygens (including phenoxy) is 2. The maximum Gasteiger partial charge on any atom is 0.260 e. The van der Waals surface area contributed by atoms with E-state index in [-0.39, 0.29) is 6.71 Å². The topological polar surface area (TPSA) is 26.6 Å². The molecule has 0 bridgehead atoms. The molecule has 0 saturated carbocycles. The second-order valence-electron chi connectivity index (χ2n) is 16.9. The van der Waals surface area contributed by atoms with Crippen molar-refractivity contribution in [3.63, 3.8) is 0 Å². The number of thiophene rings is 1. The molecule has 2 aromatic heterocycles. The lowest BCUT2D eigenvalue weighted by atomic mass is 9.34. The molecule has 2 aliphatic rings. The van der Waals surface area contributed by atoms with Gasteiger partial charge in [-0.15, -0.1) is 11.3 Å². The summed E-state index contributed by atoms with van der Waals surface area (Å²) in [5.74, 6) is 3.40. The highest BCUT2D eigenvalue weighted by atomic mass is 32.1. The molecule has 0 spiro atoms. The Kier molecular flexibility index (Phi) is 7.62. The summed E-state index contributed by atoms with van der Waals surface area (Å²) < 4.78 is 19.1. The number of aromatic nitrogens is 1. The van der Waals surface area contributed by atoms with Gasteiger partial charge in [-0.05, 0) is 112 Å². The van der Waals surface area contributed by atoms with E-state index in [0.29, 0.717) is 0 Å². The third-order valence-electron chi connectivity index (χ3n) is 13.2. The van der Waals surface area contributed by atoms with Gasteiger partial charge in [0.1, 0.15) is 23.0 Å². The molecule has 6 heteroatoms. The quantitative estimate of drug-likeness (QED) is 0.162. The molecule has 0 aliphatic carbocycles. The number of para-hydroxylation sites is 3. The number of rotatable bonds is 5. The van der Waals surface area contributed by atoms with Crippen LogP contribution in [0.3, 0.4) is 0 Å². The number of hydrogen-bond acceptors (Lipinski definition) is 4. The molecular formula is C58H35BN2O2S. The first-order valence-corrected chi connectivity index (χ1v) is 22.6. The molecule has 64 heavy (non-hydrogen) atoms.